The van der Waals surface area contributed by atoms with Gasteiger partial charge >= 0.3 is 0 Å². The predicted octanol–water partition coefficient (Wildman–Crippen LogP) is 5.64. The van der Waals surface area contributed by atoms with Crippen LogP contribution in [0.15, 0.2) is 54.0 Å². The molecule has 4 aromatic heterocycles. The van der Waals surface area contributed by atoms with Gasteiger partial charge in [0.1, 0.15) is 0 Å². The summed E-state index contributed by atoms with van der Waals surface area (Å²) in [6.07, 6.45) is 1.74. The minimum atomic E-state index is -0.139. The van der Waals surface area contributed by atoms with Crippen LogP contribution in [0.3, 0.4) is 0 Å². The van der Waals surface area contributed by atoms with Crippen molar-refractivity contribution in [3.05, 3.63) is 59.6 Å². The summed E-state index contributed by atoms with van der Waals surface area (Å²) in [7, 11) is 1.63. The van der Waals surface area contributed by atoms with Crippen LogP contribution in [-0.4, -0.2) is 45.9 Å². The zero-order valence-electron chi connectivity index (χ0n) is 18.6. The first-order valence-electron chi connectivity index (χ1n) is 10.7. The first-order chi connectivity index (χ1) is 16.1. The number of carbonyl (C=O) groups is 1. The van der Waals surface area contributed by atoms with Crippen LogP contribution in [0.2, 0.25) is 0 Å². The third kappa shape index (κ3) is 4.03. The van der Waals surface area contributed by atoms with E-state index in [9.17, 15) is 4.79 Å². The molecule has 7 nitrogen and oxygen atoms in total. The first kappa shape index (κ1) is 21.7. The number of hydrogen-bond donors (Lipinski definition) is 0. The highest BCUT2D eigenvalue weighted by Crippen LogP contribution is 2.33. The second-order valence-corrected chi connectivity index (χ2v) is 9.82. The Morgan fingerprint density at radius 2 is 2.03 bits per heavy atom. The van der Waals surface area contributed by atoms with Crippen molar-refractivity contribution in [1.82, 2.24) is 19.7 Å². The SMILES string of the molecule is COCCN(C(=O)c1cc(-c2cccs2)nc2c1cnn2C(C)C)c1nc2ccccc2s1. The minimum absolute atomic E-state index is 0.116. The molecule has 5 rings (SSSR count). The second-order valence-electron chi connectivity index (χ2n) is 7.87. The molecule has 1 amide bonds. The van der Waals surface area contributed by atoms with E-state index in [0.29, 0.717) is 29.5 Å². The molecule has 0 fully saturated rings. The van der Waals surface area contributed by atoms with Crippen molar-refractivity contribution < 1.29 is 9.53 Å². The van der Waals surface area contributed by atoms with E-state index in [4.69, 9.17) is 14.7 Å². The lowest BCUT2D eigenvalue weighted by molar-refractivity contribution is 0.0977. The van der Waals surface area contributed by atoms with E-state index >= 15 is 0 Å². The summed E-state index contributed by atoms with van der Waals surface area (Å²) in [5, 5.41) is 7.93. The number of methoxy groups -OCH3 is 1. The molecule has 0 atom stereocenters. The van der Waals surface area contributed by atoms with Crippen LogP contribution in [0, 0.1) is 0 Å². The van der Waals surface area contributed by atoms with Gasteiger partial charge in [-0.15, -0.1) is 11.3 Å². The molecule has 0 radical (unpaired) electrons. The Labute approximate surface area is 199 Å². The fourth-order valence-electron chi connectivity index (χ4n) is 3.71. The highest BCUT2D eigenvalue weighted by molar-refractivity contribution is 7.22. The highest BCUT2D eigenvalue weighted by atomic mass is 32.1. The van der Waals surface area contributed by atoms with Crippen molar-refractivity contribution in [2.24, 2.45) is 0 Å². The number of amides is 1. The monoisotopic (exact) mass is 477 g/mol. The second kappa shape index (κ2) is 9.01. The normalized spacial score (nSPS) is 11.6. The molecule has 4 heterocycles. The lowest BCUT2D eigenvalue weighted by atomic mass is 10.1. The van der Waals surface area contributed by atoms with Gasteiger partial charge in [-0.1, -0.05) is 29.5 Å². The number of anilines is 1. The van der Waals surface area contributed by atoms with Gasteiger partial charge in [0, 0.05) is 13.2 Å². The maximum absolute atomic E-state index is 14.0. The van der Waals surface area contributed by atoms with E-state index in [1.807, 2.05) is 52.5 Å². The summed E-state index contributed by atoms with van der Waals surface area (Å²) >= 11 is 3.10. The van der Waals surface area contributed by atoms with E-state index in [1.165, 1.54) is 11.3 Å². The van der Waals surface area contributed by atoms with Crippen LogP contribution >= 0.6 is 22.7 Å². The predicted molar refractivity (Wildman–Crippen MR) is 134 cm³/mol. The number of benzene rings is 1. The van der Waals surface area contributed by atoms with Crippen molar-refractivity contribution in [3.8, 4) is 10.6 Å². The quantitative estimate of drug-likeness (QED) is 0.303. The minimum Gasteiger partial charge on any atom is -0.383 e. The molecule has 0 N–H and O–H groups in total. The smallest absolute Gasteiger partial charge is 0.261 e. The van der Waals surface area contributed by atoms with Gasteiger partial charge in [-0.3, -0.25) is 9.69 Å². The zero-order chi connectivity index (χ0) is 22.9. The molecule has 33 heavy (non-hydrogen) atoms. The van der Waals surface area contributed by atoms with Crippen LogP contribution in [0.5, 0.6) is 0 Å². The van der Waals surface area contributed by atoms with Gasteiger partial charge < -0.3 is 4.74 Å². The molecule has 0 aliphatic heterocycles. The largest absolute Gasteiger partial charge is 0.383 e. The van der Waals surface area contributed by atoms with E-state index in [0.717, 1.165) is 26.2 Å². The molecular formula is C24H23N5O2S2. The van der Waals surface area contributed by atoms with Crippen molar-refractivity contribution in [3.63, 3.8) is 0 Å². The van der Waals surface area contributed by atoms with Gasteiger partial charge in [-0.2, -0.15) is 5.10 Å². The molecule has 1 aromatic carbocycles. The Morgan fingerprint density at radius 3 is 2.76 bits per heavy atom. The molecule has 0 aliphatic rings. The fourth-order valence-corrected chi connectivity index (χ4v) is 5.39. The summed E-state index contributed by atoms with van der Waals surface area (Å²) in [4.78, 5) is 26.3. The zero-order valence-corrected chi connectivity index (χ0v) is 20.2. The lowest BCUT2D eigenvalue weighted by Gasteiger charge is -2.20. The van der Waals surface area contributed by atoms with Crippen molar-refractivity contribution >= 4 is 55.0 Å². The van der Waals surface area contributed by atoms with E-state index < -0.39 is 0 Å². The highest BCUT2D eigenvalue weighted by Gasteiger charge is 2.26. The van der Waals surface area contributed by atoms with Gasteiger partial charge in [-0.25, -0.2) is 14.6 Å². The summed E-state index contributed by atoms with van der Waals surface area (Å²) in [5.41, 5.74) is 2.90. The Kier molecular flexibility index (Phi) is 5.92. The number of hydrogen-bond acceptors (Lipinski definition) is 7. The lowest BCUT2D eigenvalue weighted by Crippen LogP contribution is -2.34. The topological polar surface area (TPSA) is 73.1 Å². The number of ether oxygens (including phenoxy) is 1. The molecular weight excluding hydrogens is 454 g/mol. The molecule has 0 bridgehead atoms. The van der Waals surface area contributed by atoms with Crippen molar-refractivity contribution in [1.29, 1.82) is 0 Å². The van der Waals surface area contributed by atoms with Crippen LogP contribution in [0.25, 0.3) is 31.8 Å². The van der Waals surface area contributed by atoms with Crippen LogP contribution in [0.4, 0.5) is 5.13 Å². The Hall–Kier alpha value is -3.14. The van der Waals surface area contributed by atoms with Gasteiger partial charge in [0.2, 0.25) is 0 Å². The number of nitrogens with zero attached hydrogens (tertiary/aromatic N) is 5. The molecule has 0 aliphatic carbocycles. The summed E-state index contributed by atoms with van der Waals surface area (Å²) < 4.78 is 8.21. The maximum atomic E-state index is 14.0. The summed E-state index contributed by atoms with van der Waals surface area (Å²) in [6, 6.07) is 13.9. The number of thiazole rings is 1. The van der Waals surface area contributed by atoms with Gasteiger partial charge in [0.25, 0.3) is 5.91 Å². The Balaban J connectivity index is 1.67. The Bertz CT molecular complexity index is 1390. The van der Waals surface area contributed by atoms with E-state index in [-0.39, 0.29) is 11.9 Å². The van der Waals surface area contributed by atoms with Gasteiger partial charge in [0.05, 0.1) is 51.1 Å². The average Bonchev–Trinajstić information content (AvgIpc) is 3.57. The standard InChI is InChI=1S/C24H23N5O2S2/c1-15(2)29-22-17(14-25-29)16(13-19(26-22)20-9-6-12-32-20)23(30)28(10-11-31-3)24-27-18-7-4-5-8-21(18)33-24/h4-9,12-15H,10-11H2,1-3H3. The third-order valence-electron chi connectivity index (χ3n) is 5.34. The number of para-hydroxylation sites is 1. The van der Waals surface area contributed by atoms with E-state index in [1.54, 1.807) is 29.5 Å². The van der Waals surface area contributed by atoms with Crippen LogP contribution in [-0.2, 0) is 4.74 Å². The molecule has 0 saturated carbocycles. The summed E-state index contributed by atoms with van der Waals surface area (Å²) in [6.45, 7) is 4.91. The van der Waals surface area contributed by atoms with Crippen molar-refractivity contribution in [2.45, 2.75) is 19.9 Å². The Morgan fingerprint density at radius 1 is 1.18 bits per heavy atom. The molecule has 9 heteroatoms. The van der Waals surface area contributed by atoms with Gasteiger partial charge in [-0.05, 0) is 43.5 Å². The number of fused-ring (bicyclic) bond motifs is 2. The van der Waals surface area contributed by atoms with Crippen molar-refractivity contribution in [2.75, 3.05) is 25.2 Å². The molecule has 0 saturated heterocycles. The molecule has 0 spiro atoms. The third-order valence-corrected chi connectivity index (χ3v) is 7.29. The number of rotatable bonds is 7. The molecule has 168 valence electrons. The number of carbonyl (C=O) groups excluding carboxylic acids is 1. The number of thiophene rings is 1. The first-order valence-corrected chi connectivity index (χ1v) is 12.3. The average molecular weight is 478 g/mol. The van der Waals surface area contributed by atoms with Crippen LogP contribution in [0.1, 0.15) is 30.2 Å². The van der Waals surface area contributed by atoms with Gasteiger partial charge in [0.15, 0.2) is 10.8 Å². The number of pyridine rings is 1. The fraction of sp³-hybridized carbons (Fsp3) is 0.250. The molecule has 5 aromatic rings. The van der Waals surface area contributed by atoms with Crippen LogP contribution < -0.4 is 4.90 Å². The molecule has 0 unspecified atom stereocenters. The van der Waals surface area contributed by atoms with E-state index in [2.05, 4.69) is 18.9 Å². The number of aromatic nitrogens is 4. The maximum Gasteiger partial charge on any atom is 0.261 e. The summed E-state index contributed by atoms with van der Waals surface area (Å²) in [5.74, 6) is -0.139.